The molecule has 0 bridgehead atoms. The molecule has 1 saturated heterocycles. The highest BCUT2D eigenvalue weighted by Gasteiger charge is 2.55. The number of carbonyl (C=O) groups is 3. The predicted octanol–water partition coefficient (Wildman–Crippen LogP) is 3.70. The smallest absolute Gasteiger partial charge is 0.325 e. The maximum atomic E-state index is 13.5. The maximum Gasteiger partial charge on any atom is 0.325 e. The van der Waals surface area contributed by atoms with E-state index in [0.717, 1.165) is 29.1 Å². The van der Waals surface area contributed by atoms with Gasteiger partial charge < -0.3 is 15.4 Å². The second kappa shape index (κ2) is 8.82. The summed E-state index contributed by atoms with van der Waals surface area (Å²) in [4.78, 5) is 40.5. The number of anilines is 1. The van der Waals surface area contributed by atoms with E-state index in [0.29, 0.717) is 36.1 Å². The number of nitrogens with zero attached hydrogens (tertiary/aromatic N) is 3. The summed E-state index contributed by atoms with van der Waals surface area (Å²) in [6, 6.07) is 18.1. The lowest BCUT2D eigenvalue weighted by Crippen LogP contribution is -2.48. The Bertz CT molecular complexity index is 1330. The van der Waals surface area contributed by atoms with E-state index in [4.69, 9.17) is 9.84 Å². The fourth-order valence-electron chi connectivity index (χ4n) is 5.52. The number of rotatable bonds is 5. The summed E-state index contributed by atoms with van der Waals surface area (Å²) in [7, 11) is 0. The summed E-state index contributed by atoms with van der Waals surface area (Å²) in [5.41, 5.74) is 1.17. The first kappa shape index (κ1) is 22.3. The van der Waals surface area contributed by atoms with E-state index in [9.17, 15) is 14.4 Å². The second-order valence-corrected chi connectivity index (χ2v) is 9.55. The monoisotopic (exact) mass is 485 g/mol. The van der Waals surface area contributed by atoms with Gasteiger partial charge in [0.05, 0.1) is 18.0 Å². The van der Waals surface area contributed by atoms with Crippen molar-refractivity contribution in [2.45, 2.75) is 43.6 Å². The zero-order valence-corrected chi connectivity index (χ0v) is 19.8. The summed E-state index contributed by atoms with van der Waals surface area (Å²) < 4.78 is 7.39. The van der Waals surface area contributed by atoms with Crippen molar-refractivity contribution in [1.29, 1.82) is 0 Å². The number of urea groups is 1. The molecule has 1 atom stereocenters. The molecule has 3 heterocycles. The van der Waals surface area contributed by atoms with E-state index < -0.39 is 29.9 Å². The summed E-state index contributed by atoms with van der Waals surface area (Å²) >= 11 is 0. The zero-order valence-electron chi connectivity index (χ0n) is 19.8. The first-order valence-corrected chi connectivity index (χ1v) is 12.4. The molecule has 2 fully saturated rings. The number of aromatic nitrogens is 2. The number of imide groups is 1. The lowest BCUT2D eigenvalue weighted by molar-refractivity contribution is -0.135. The molecule has 1 aliphatic carbocycles. The van der Waals surface area contributed by atoms with Crippen molar-refractivity contribution >= 4 is 23.7 Å². The minimum atomic E-state index is -1.21. The van der Waals surface area contributed by atoms with Crippen LogP contribution in [0.25, 0.3) is 5.69 Å². The summed E-state index contributed by atoms with van der Waals surface area (Å²) in [5, 5.41) is 10.5. The number of fused-ring (bicyclic) bond motifs is 2. The average Bonchev–Trinajstić information content (AvgIpc) is 3.62. The first-order chi connectivity index (χ1) is 17.5. The quantitative estimate of drug-likeness (QED) is 0.536. The molecule has 9 heteroatoms. The second-order valence-electron chi connectivity index (χ2n) is 9.55. The number of amides is 4. The van der Waals surface area contributed by atoms with Crippen LogP contribution in [0.2, 0.25) is 0 Å². The van der Waals surface area contributed by atoms with E-state index in [1.165, 1.54) is 12.8 Å². The minimum absolute atomic E-state index is 0.295. The number of carbonyl (C=O) groups excluding carboxylic acids is 3. The van der Waals surface area contributed by atoms with Crippen LogP contribution in [0, 0.1) is 0 Å². The molecule has 2 N–H and O–H groups in total. The zero-order chi connectivity index (χ0) is 24.7. The van der Waals surface area contributed by atoms with E-state index in [2.05, 4.69) is 10.6 Å². The molecule has 3 aliphatic rings. The van der Waals surface area contributed by atoms with E-state index in [1.807, 2.05) is 42.5 Å². The van der Waals surface area contributed by atoms with Crippen LogP contribution < -0.4 is 15.4 Å². The molecule has 4 amide bonds. The standard InChI is InChI=1S/C27H27N5O4/c33-24(17-31-25(34)27(29-26(31)35)14-15-36-22-13-7-6-12-20(22)27)28-23-16-21(18-8-4-5-9-18)30-32(23)19-10-2-1-3-11-19/h1-3,6-7,10-13,16,18H,4-5,8-9,14-15,17H2,(H,28,33)(H,29,35). The SMILES string of the molecule is O=C(CN1C(=O)NC2(CCOc3ccccc32)C1=O)Nc1cc(C2CCCC2)nn1-c1ccccc1. The summed E-state index contributed by atoms with van der Waals surface area (Å²) in [6.45, 7) is -0.0998. The number of hydrogen-bond donors (Lipinski definition) is 2. The highest BCUT2D eigenvalue weighted by atomic mass is 16.5. The average molecular weight is 486 g/mol. The van der Waals surface area contributed by atoms with E-state index >= 15 is 0 Å². The van der Waals surface area contributed by atoms with Crippen molar-refractivity contribution in [3.8, 4) is 11.4 Å². The lowest BCUT2D eigenvalue weighted by atomic mass is 9.84. The Hall–Kier alpha value is -4.14. The Morgan fingerprint density at radius 1 is 1.08 bits per heavy atom. The molecule has 0 radical (unpaired) electrons. The fraction of sp³-hybridized carbons (Fsp3) is 0.333. The molecule has 1 unspecified atom stereocenters. The van der Waals surface area contributed by atoms with Crippen LogP contribution in [0.1, 0.15) is 49.3 Å². The molecule has 184 valence electrons. The van der Waals surface area contributed by atoms with Gasteiger partial charge in [-0.3, -0.25) is 14.5 Å². The van der Waals surface area contributed by atoms with Crippen LogP contribution in [-0.4, -0.2) is 45.7 Å². The highest BCUT2D eigenvalue weighted by molar-refractivity contribution is 6.10. The third-order valence-corrected chi connectivity index (χ3v) is 7.33. The molecule has 1 saturated carbocycles. The van der Waals surface area contributed by atoms with Gasteiger partial charge in [-0.25, -0.2) is 9.48 Å². The third kappa shape index (κ3) is 3.71. The van der Waals surface area contributed by atoms with Gasteiger partial charge in [-0.05, 0) is 31.0 Å². The van der Waals surface area contributed by atoms with Crippen molar-refractivity contribution < 1.29 is 19.1 Å². The van der Waals surface area contributed by atoms with Gasteiger partial charge in [-0.15, -0.1) is 0 Å². The Morgan fingerprint density at radius 2 is 1.83 bits per heavy atom. The van der Waals surface area contributed by atoms with Crippen LogP contribution in [0.5, 0.6) is 5.75 Å². The van der Waals surface area contributed by atoms with Gasteiger partial charge in [0.15, 0.2) is 5.54 Å². The normalized spacial score (nSPS) is 21.4. The van der Waals surface area contributed by atoms with Gasteiger partial charge >= 0.3 is 6.03 Å². The van der Waals surface area contributed by atoms with Gasteiger partial charge in [0, 0.05) is 24.0 Å². The van der Waals surface area contributed by atoms with Gasteiger partial charge in [-0.1, -0.05) is 49.2 Å². The van der Waals surface area contributed by atoms with Gasteiger partial charge in [0.25, 0.3) is 5.91 Å². The van der Waals surface area contributed by atoms with Crippen molar-refractivity contribution in [3.05, 3.63) is 71.9 Å². The molecule has 2 aromatic carbocycles. The lowest BCUT2D eigenvalue weighted by Gasteiger charge is -2.33. The van der Waals surface area contributed by atoms with Crippen molar-refractivity contribution in [2.24, 2.45) is 0 Å². The van der Waals surface area contributed by atoms with Gasteiger partial charge in [-0.2, -0.15) is 5.10 Å². The predicted molar refractivity (Wildman–Crippen MR) is 132 cm³/mol. The Labute approximate surface area is 208 Å². The van der Waals surface area contributed by atoms with Crippen LogP contribution in [-0.2, 0) is 15.1 Å². The number of para-hydroxylation sites is 2. The number of nitrogens with one attached hydrogen (secondary N) is 2. The van der Waals surface area contributed by atoms with Crippen LogP contribution in [0.3, 0.4) is 0 Å². The summed E-state index contributed by atoms with van der Waals surface area (Å²) in [6.07, 6.45) is 4.81. The topological polar surface area (TPSA) is 106 Å². The molecular formula is C27H27N5O4. The fourth-order valence-corrected chi connectivity index (χ4v) is 5.52. The molecule has 2 aliphatic heterocycles. The molecule has 6 rings (SSSR count). The van der Waals surface area contributed by atoms with Crippen LogP contribution in [0.15, 0.2) is 60.7 Å². The molecule has 3 aromatic rings. The molecule has 1 aromatic heterocycles. The Morgan fingerprint density at radius 3 is 2.64 bits per heavy atom. The van der Waals surface area contributed by atoms with Crippen molar-refractivity contribution in [3.63, 3.8) is 0 Å². The maximum absolute atomic E-state index is 13.5. The van der Waals surface area contributed by atoms with Crippen LogP contribution in [0.4, 0.5) is 10.6 Å². The van der Waals surface area contributed by atoms with Crippen molar-refractivity contribution in [2.75, 3.05) is 18.5 Å². The highest BCUT2D eigenvalue weighted by Crippen LogP contribution is 2.41. The number of ether oxygens (including phenoxy) is 1. The van der Waals surface area contributed by atoms with Gasteiger partial charge in [0.1, 0.15) is 18.1 Å². The summed E-state index contributed by atoms with van der Waals surface area (Å²) in [5.74, 6) is 0.541. The third-order valence-electron chi connectivity index (χ3n) is 7.33. The largest absolute Gasteiger partial charge is 0.493 e. The molecular weight excluding hydrogens is 458 g/mol. The first-order valence-electron chi connectivity index (χ1n) is 12.4. The number of hydrogen-bond acceptors (Lipinski definition) is 5. The van der Waals surface area contributed by atoms with E-state index in [-0.39, 0.29) is 0 Å². The number of benzene rings is 2. The van der Waals surface area contributed by atoms with E-state index in [1.54, 1.807) is 22.9 Å². The Kier molecular flexibility index (Phi) is 5.47. The van der Waals surface area contributed by atoms with Crippen LogP contribution >= 0.6 is 0 Å². The van der Waals surface area contributed by atoms with Gasteiger partial charge in [0.2, 0.25) is 5.91 Å². The Balaban J connectivity index is 1.24. The molecule has 1 spiro atoms. The molecule has 9 nitrogen and oxygen atoms in total. The molecule has 36 heavy (non-hydrogen) atoms. The van der Waals surface area contributed by atoms with Crippen molar-refractivity contribution in [1.82, 2.24) is 20.0 Å². The minimum Gasteiger partial charge on any atom is -0.493 e.